The normalized spacial score (nSPS) is 6.67. The smallest absolute Gasteiger partial charge is 0.0620 e. The standard InChI is InChI=1S/C2H2N2S.Na.H/c1-2-5-4-3-1;;/h1-2H;;. The maximum Gasteiger partial charge on any atom is 0.0620 e. The molecule has 2 nitrogen and oxygen atoms in total. The monoisotopic (exact) mass is 110 g/mol. The van der Waals surface area contributed by atoms with Crippen molar-refractivity contribution < 1.29 is 0 Å². The van der Waals surface area contributed by atoms with Crippen molar-refractivity contribution in [2.24, 2.45) is 0 Å². The summed E-state index contributed by atoms with van der Waals surface area (Å²) >= 11 is 1.35. The number of hydrogen-bond donors (Lipinski definition) is 0. The van der Waals surface area contributed by atoms with Crippen LogP contribution in [0, 0.1) is 0 Å². The molecule has 0 radical (unpaired) electrons. The van der Waals surface area contributed by atoms with Gasteiger partial charge < -0.3 is 0 Å². The Labute approximate surface area is 62.0 Å². The van der Waals surface area contributed by atoms with Crippen molar-refractivity contribution >= 4 is 41.1 Å². The van der Waals surface area contributed by atoms with Crippen LogP contribution in [-0.2, 0) is 0 Å². The third kappa shape index (κ3) is 1.87. The minimum absolute atomic E-state index is 0. The fourth-order valence-corrected chi connectivity index (χ4v) is 0.408. The van der Waals surface area contributed by atoms with Gasteiger partial charge in [-0.1, -0.05) is 4.49 Å². The molecule has 0 unspecified atom stereocenters. The van der Waals surface area contributed by atoms with Crippen molar-refractivity contribution in [1.82, 2.24) is 9.59 Å². The van der Waals surface area contributed by atoms with Crippen molar-refractivity contribution in [2.75, 3.05) is 0 Å². The van der Waals surface area contributed by atoms with Crippen molar-refractivity contribution in [1.29, 1.82) is 0 Å². The minimum atomic E-state index is 0. The summed E-state index contributed by atoms with van der Waals surface area (Å²) in [6, 6.07) is 0. The average Bonchev–Trinajstić information content (AvgIpc) is 1.76. The summed E-state index contributed by atoms with van der Waals surface area (Å²) in [6.45, 7) is 0. The average molecular weight is 110 g/mol. The van der Waals surface area contributed by atoms with Gasteiger partial charge in [0.25, 0.3) is 0 Å². The van der Waals surface area contributed by atoms with Gasteiger partial charge in [-0.05, 0) is 11.5 Å². The van der Waals surface area contributed by atoms with Gasteiger partial charge in [0.1, 0.15) is 0 Å². The first kappa shape index (κ1) is 6.56. The quantitative estimate of drug-likeness (QED) is 0.435. The third-order valence-corrected chi connectivity index (χ3v) is 0.715. The summed E-state index contributed by atoms with van der Waals surface area (Å²) in [7, 11) is 0. The van der Waals surface area contributed by atoms with Crippen LogP contribution in [-0.4, -0.2) is 39.1 Å². The molecule has 0 amide bonds. The Hall–Kier alpha value is 0.560. The van der Waals surface area contributed by atoms with Crippen LogP contribution in [0.15, 0.2) is 11.6 Å². The minimum Gasteiger partial charge on any atom is -0.147 e. The zero-order valence-electron chi connectivity index (χ0n) is 2.46. The maximum atomic E-state index is 3.51. The van der Waals surface area contributed by atoms with Gasteiger partial charge in [0.15, 0.2) is 0 Å². The van der Waals surface area contributed by atoms with E-state index in [1.54, 1.807) is 6.20 Å². The largest absolute Gasteiger partial charge is 0.147 e. The Balaban J connectivity index is 0.000000250. The predicted octanol–water partition coefficient (Wildman–Crippen LogP) is -0.110. The molecule has 0 aliphatic heterocycles. The number of aromatic nitrogens is 2. The van der Waals surface area contributed by atoms with Crippen molar-refractivity contribution in [3.05, 3.63) is 11.6 Å². The van der Waals surface area contributed by atoms with Crippen molar-refractivity contribution in [2.45, 2.75) is 0 Å². The molecule has 0 aliphatic rings. The molecule has 0 saturated carbocycles. The van der Waals surface area contributed by atoms with Crippen LogP contribution in [0.25, 0.3) is 0 Å². The summed E-state index contributed by atoms with van der Waals surface area (Å²) in [4.78, 5) is 0. The SMILES string of the molecule is [NaH].c1csnn1. The molecule has 6 heavy (non-hydrogen) atoms. The molecule has 0 bridgehead atoms. The van der Waals surface area contributed by atoms with Gasteiger partial charge in [-0.25, -0.2) is 0 Å². The topological polar surface area (TPSA) is 25.8 Å². The second-order valence-electron chi connectivity index (χ2n) is 0.588. The van der Waals surface area contributed by atoms with Crippen LogP contribution in [0.3, 0.4) is 0 Å². The van der Waals surface area contributed by atoms with E-state index in [1.165, 1.54) is 11.5 Å². The molecular weight excluding hydrogens is 107 g/mol. The summed E-state index contributed by atoms with van der Waals surface area (Å²) in [5.41, 5.74) is 0. The van der Waals surface area contributed by atoms with Gasteiger partial charge in [0, 0.05) is 5.38 Å². The first-order chi connectivity index (χ1) is 2.50. The summed E-state index contributed by atoms with van der Waals surface area (Å²) in [5, 5.41) is 5.31. The molecule has 0 spiro atoms. The number of rotatable bonds is 0. The van der Waals surface area contributed by atoms with Crippen LogP contribution >= 0.6 is 11.5 Å². The van der Waals surface area contributed by atoms with Crippen LogP contribution in [0.5, 0.6) is 0 Å². The van der Waals surface area contributed by atoms with Crippen molar-refractivity contribution in [3.8, 4) is 0 Å². The Bertz CT molecular complexity index is 68.0. The second-order valence-corrected chi connectivity index (χ2v) is 1.23. The molecule has 0 N–H and O–H groups in total. The van der Waals surface area contributed by atoms with E-state index in [0.717, 1.165) is 0 Å². The van der Waals surface area contributed by atoms with Gasteiger partial charge in [-0.3, -0.25) is 0 Å². The predicted molar refractivity (Wildman–Crippen MR) is 27.1 cm³/mol. The fraction of sp³-hybridized carbons (Fsp3) is 0. The molecule has 0 saturated heterocycles. The van der Waals surface area contributed by atoms with Gasteiger partial charge in [0.2, 0.25) is 0 Å². The molecule has 0 atom stereocenters. The molecule has 0 fully saturated rings. The van der Waals surface area contributed by atoms with Gasteiger partial charge in [-0.15, -0.1) is 5.10 Å². The van der Waals surface area contributed by atoms with Gasteiger partial charge >= 0.3 is 29.6 Å². The number of nitrogens with zero attached hydrogens (tertiary/aromatic N) is 2. The Morgan fingerprint density at radius 3 is 2.50 bits per heavy atom. The van der Waals surface area contributed by atoms with Crippen LogP contribution in [0.4, 0.5) is 0 Å². The van der Waals surface area contributed by atoms with Crippen LogP contribution in [0.2, 0.25) is 0 Å². The molecule has 0 aromatic carbocycles. The Morgan fingerprint density at radius 2 is 2.33 bits per heavy atom. The summed E-state index contributed by atoms with van der Waals surface area (Å²) in [6.07, 6.45) is 1.66. The van der Waals surface area contributed by atoms with E-state index in [2.05, 4.69) is 9.59 Å². The molecule has 1 aromatic rings. The van der Waals surface area contributed by atoms with E-state index in [0.29, 0.717) is 0 Å². The second kappa shape index (κ2) is 3.74. The zero-order valence-corrected chi connectivity index (χ0v) is 3.27. The molecule has 28 valence electrons. The third-order valence-electron chi connectivity index (χ3n) is 0.283. The molecule has 0 aliphatic carbocycles. The molecule has 1 aromatic heterocycles. The molecular formula is C2H3N2NaS. The first-order valence-electron chi connectivity index (χ1n) is 1.21. The number of hydrogen-bond acceptors (Lipinski definition) is 3. The Kier molecular flexibility index (Phi) is 4.09. The van der Waals surface area contributed by atoms with E-state index in [4.69, 9.17) is 0 Å². The molecule has 1 heterocycles. The first-order valence-corrected chi connectivity index (χ1v) is 2.05. The van der Waals surface area contributed by atoms with E-state index >= 15 is 0 Å². The summed E-state index contributed by atoms with van der Waals surface area (Å²) < 4.78 is 3.51. The van der Waals surface area contributed by atoms with Crippen LogP contribution < -0.4 is 0 Å². The molecule has 1 rings (SSSR count). The van der Waals surface area contributed by atoms with E-state index < -0.39 is 0 Å². The summed E-state index contributed by atoms with van der Waals surface area (Å²) in [5.74, 6) is 0. The Morgan fingerprint density at radius 1 is 1.50 bits per heavy atom. The van der Waals surface area contributed by atoms with E-state index in [-0.39, 0.29) is 29.6 Å². The fourth-order valence-electron chi connectivity index (χ4n) is 0.136. The van der Waals surface area contributed by atoms with Crippen LogP contribution in [0.1, 0.15) is 0 Å². The molecule has 4 heteroatoms. The maximum absolute atomic E-state index is 3.51. The van der Waals surface area contributed by atoms with Gasteiger partial charge in [0.05, 0.1) is 6.20 Å². The van der Waals surface area contributed by atoms with Gasteiger partial charge in [-0.2, -0.15) is 0 Å². The van der Waals surface area contributed by atoms with E-state index in [1.807, 2.05) is 5.38 Å². The van der Waals surface area contributed by atoms with E-state index in [9.17, 15) is 0 Å². The zero-order chi connectivity index (χ0) is 3.54. The van der Waals surface area contributed by atoms with Crippen molar-refractivity contribution in [3.63, 3.8) is 0 Å².